The van der Waals surface area contributed by atoms with E-state index in [-0.39, 0.29) is 5.91 Å². The van der Waals surface area contributed by atoms with Crippen LogP contribution in [0.2, 0.25) is 0 Å². The number of hydrogen-bond acceptors (Lipinski definition) is 6. The van der Waals surface area contributed by atoms with Crippen LogP contribution in [0.25, 0.3) is 0 Å². The Morgan fingerprint density at radius 3 is 2.66 bits per heavy atom. The molecule has 4 aromatic rings. The van der Waals surface area contributed by atoms with E-state index in [0.717, 1.165) is 48.0 Å². The summed E-state index contributed by atoms with van der Waals surface area (Å²) in [7, 11) is 0. The van der Waals surface area contributed by atoms with Crippen LogP contribution in [0, 0.1) is 13.8 Å². The van der Waals surface area contributed by atoms with Gasteiger partial charge in [0.1, 0.15) is 5.01 Å². The van der Waals surface area contributed by atoms with Gasteiger partial charge in [0, 0.05) is 66.7 Å². The number of carbonyl (C=O) groups is 1. The van der Waals surface area contributed by atoms with Gasteiger partial charge in [-0.3, -0.25) is 19.1 Å². The average Bonchev–Trinajstić information content (AvgIpc) is 3.58. The fraction of sp³-hybridized carbons (Fsp3) is 0.385. The van der Waals surface area contributed by atoms with E-state index in [1.54, 1.807) is 6.20 Å². The first-order valence-corrected chi connectivity index (χ1v) is 13.0. The van der Waals surface area contributed by atoms with Crippen LogP contribution < -0.4 is 5.32 Å². The third kappa shape index (κ3) is 4.92. The number of aryl methyl sites for hydroxylation is 2. The molecule has 1 aromatic carbocycles. The monoisotopic (exact) mass is 489 g/mol. The van der Waals surface area contributed by atoms with Crippen molar-refractivity contribution in [3.63, 3.8) is 0 Å². The summed E-state index contributed by atoms with van der Waals surface area (Å²) in [5, 5.41) is 15.3. The molecule has 4 heterocycles. The Bertz CT molecular complexity index is 1310. The molecule has 0 unspecified atom stereocenters. The molecule has 9 heteroatoms. The van der Waals surface area contributed by atoms with Crippen LogP contribution in [0.5, 0.6) is 0 Å². The maximum atomic E-state index is 13.3. The van der Waals surface area contributed by atoms with Crippen LogP contribution in [-0.4, -0.2) is 41.9 Å². The van der Waals surface area contributed by atoms with Crippen LogP contribution in [0.15, 0.2) is 41.9 Å². The molecule has 5 rings (SSSR count). The Morgan fingerprint density at radius 1 is 1.11 bits per heavy atom. The van der Waals surface area contributed by atoms with E-state index in [9.17, 15) is 4.79 Å². The van der Waals surface area contributed by atoms with Crippen molar-refractivity contribution in [2.24, 2.45) is 0 Å². The lowest BCUT2D eigenvalue weighted by atomic mass is 10.0. The van der Waals surface area contributed by atoms with Crippen molar-refractivity contribution in [2.75, 3.05) is 6.54 Å². The number of rotatable bonds is 8. The lowest BCUT2D eigenvalue weighted by Gasteiger charge is -2.28. The quantitative estimate of drug-likeness (QED) is 0.408. The molecule has 0 radical (unpaired) electrons. The van der Waals surface area contributed by atoms with Gasteiger partial charge in [0.15, 0.2) is 5.69 Å². The number of aromatic nitrogens is 5. The molecule has 0 fully saturated rings. The summed E-state index contributed by atoms with van der Waals surface area (Å²) >= 11 is 1.54. The summed E-state index contributed by atoms with van der Waals surface area (Å²) < 4.78 is 4.08. The van der Waals surface area contributed by atoms with Gasteiger partial charge in [-0.15, -0.1) is 11.3 Å². The topological polar surface area (TPSA) is 80.9 Å². The number of hydrogen-bond donors (Lipinski definition) is 1. The molecule has 1 aliphatic rings. The molecule has 0 bridgehead atoms. The molecule has 8 nitrogen and oxygen atoms in total. The van der Waals surface area contributed by atoms with Crippen molar-refractivity contribution in [1.29, 1.82) is 0 Å². The highest BCUT2D eigenvalue weighted by Crippen LogP contribution is 2.26. The molecule has 1 amide bonds. The first kappa shape index (κ1) is 23.4. The molecule has 0 spiro atoms. The minimum Gasteiger partial charge on any atom is -0.344 e. The number of amides is 1. The van der Waals surface area contributed by atoms with Crippen molar-refractivity contribution in [3.05, 3.63) is 86.4 Å². The largest absolute Gasteiger partial charge is 0.344 e. The Morgan fingerprint density at radius 2 is 1.94 bits per heavy atom. The Kier molecular flexibility index (Phi) is 6.79. The second kappa shape index (κ2) is 10.1. The normalized spacial score (nSPS) is 13.7. The van der Waals surface area contributed by atoms with Crippen LogP contribution >= 0.6 is 11.3 Å². The predicted molar refractivity (Wildman–Crippen MR) is 136 cm³/mol. The zero-order valence-electron chi connectivity index (χ0n) is 20.5. The number of thiazole rings is 1. The van der Waals surface area contributed by atoms with Gasteiger partial charge in [-0.2, -0.15) is 10.2 Å². The van der Waals surface area contributed by atoms with Gasteiger partial charge in [0.05, 0.1) is 18.8 Å². The van der Waals surface area contributed by atoms with E-state index in [1.165, 1.54) is 28.2 Å². The van der Waals surface area contributed by atoms with Crippen LogP contribution in [0.3, 0.4) is 0 Å². The average molecular weight is 490 g/mol. The van der Waals surface area contributed by atoms with Gasteiger partial charge < -0.3 is 5.32 Å². The highest BCUT2D eigenvalue weighted by Gasteiger charge is 2.29. The fourth-order valence-electron chi connectivity index (χ4n) is 4.83. The molecule has 1 aliphatic heterocycles. The van der Waals surface area contributed by atoms with Gasteiger partial charge in [-0.05, 0) is 26.3 Å². The van der Waals surface area contributed by atoms with E-state index < -0.39 is 0 Å². The molecule has 35 heavy (non-hydrogen) atoms. The van der Waals surface area contributed by atoms with E-state index in [0.29, 0.717) is 25.3 Å². The van der Waals surface area contributed by atoms with E-state index in [1.807, 2.05) is 28.3 Å². The minimum atomic E-state index is -0.142. The van der Waals surface area contributed by atoms with Crippen LogP contribution in [-0.2, 0) is 39.1 Å². The van der Waals surface area contributed by atoms with Gasteiger partial charge in [-0.1, -0.05) is 30.3 Å². The zero-order valence-corrected chi connectivity index (χ0v) is 21.3. The number of benzene rings is 1. The number of carbonyl (C=O) groups excluding carboxylic acids is 1. The maximum absolute atomic E-state index is 13.3. The summed E-state index contributed by atoms with van der Waals surface area (Å²) in [5.74, 6) is -0.142. The molecule has 182 valence electrons. The summed E-state index contributed by atoms with van der Waals surface area (Å²) in [4.78, 5) is 19.9. The van der Waals surface area contributed by atoms with E-state index >= 15 is 0 Å². The van der Waals surface area contributed by atoms with Crippen LogP contribution in [0.4, 0.5) is 0 Å². The smallest absolute Gasteiger partial charge is 0.272 e. The minimum absolute atomic E-state index is 0.142. The van der Waals surface area contributed by atoms with Gasteiger partial charge in [-0.25, -0.2) is 4.98 Å². The van der Waals surface area contributed by atoms with Gasteiger partial charge in [0.2, 0.25) is 0 Å². The molecule has 0 saturated carbocycles. The maximum Gasteiger partial charge on any atom is 0.272 e. The second-order valence-corrected chi connectivity index (χ2v) is 9.93. The molecular weight excluding hydrogens is 458 g/mol. The highest BCUT2D eigenvalue weighted by molar-refractivity contribution is 7.09. The molecule has 3 aromatic heterocycles. The molecule has 1 N–H and O–H groups in total. The van der Waals surface area contributed by atoms with Crippen molar-refractivity contribution in [3.8, 4) is 0 Å². The lowest BCUT2D eigenvalue weighted by molar-refractivity contribution is 0.0942. The van der Waals surface area contributed by atoms with E-state index in [4.69, 9.17) is 5.10 Å². The molecule has 0 saturated heterocycles. The van der Waals surface area contributed by atoms with Gasteiger partial charge >= 0.3 is 0 Å². The Labute approximate surface area is 209 Å². The van der Waals surface area contributed by atoms with Crippen molar-refractivity contribution in [1.82, 2.24) is 34.8 Å². The summed E-state index contributed by atoms with van der Waals surface area (Å²) in [6.45, 7) is 10.7. The van der Waals surface area contributed by atoms with E-state index in [2.05, 4.69) is 57.9 Å². The first-order valence-electron chi connectivity index (χ1n) is 12.1. The highest BCUT2D eigenvalue weighted by atomic mass is 32.1. The van der Waals surface area contributed by atoms with Crippen molar-refractivity contribution < 1.29 is 4.79 Å². The van der Waals surface area contributed by atoms with Gasteiger partial charge in [0.25, 0.3) is 5.91 Å². The third-order valence-corrected chi connectivity index (χ3v) is 7.48. The number of fused-ring (bicyclic) bond motifs is 1. The third-order valence-electron chi connectivity index (χ3n) is 6.70. The molecule has 0 atom stereocenters. The standard InChI is InChI=1S/C26H31N7OS/c1-4-32-19(3)21(18(2)29-32)16-31-12-10-23-22(17-31)25(26(34)28-14-24-27-11-13-35-24)30-33(23)15-20-8-6-5-7-9-20/h5-9,11,13H,4,10,12,14-17H2,1-3H3,(H,28,34). The number of nitrogens with one attached hydrogen (secondary N) is 1. The fourth-order valence-corrected chi connectivity index (χ4v) is 5.38. The summed E-state index contributed by atoms with van der Waals surface area (Å²) in [6, 6.07) is 10.3. The molecule has 0 aliphatic carbocycles. The van der Waals surface area contributed by atoms with Crippen molar-refractivity contribution in [2.45, 2.75) is 59.9 Å². The summed E-state index contributed by atoms with van der Waals surface area (Å²) in [6.07, 6.45) is 2.61. The number of nitrogens with zero attached hydrogens (tertiary/aromatic N) is 6. The lowest BCUT2D eigenvalue weighted by Crippen LogP contribution is -2.32. The van der Waals surface area contributed by atoms with Crippen molar-refractivity contribution >= 4 is 17.2 Å². The second-order valence-electron chi connectivity index (χ2n) is 8.95. The zero-order chi connectivity index (χ0) is 24.4. The Hall–Kier alpha value is -3.30. The van der Waals surface area contributed by atoms with Crippen LogP contribution in [0.1, 0.15) is 56.2 Å². The molecular formula is C26H31N7OS. The summed E-state index contributed by atoms with van der Waals surface area (Å²) in [5.41, 5.74) is 7.46. The SMILES string of the molecule is CCn1nc(C)c(CN2CCc3c(c(C(=O)NCc4nccs4)nn3Cc3ccccc3)C2)c1C. The first-order chi connectivity index (χ1) is 17.0. The predicted octanol–water partition coefficient (Wildman–Crippen LogP) is 3.71. The Balaban J connectivity index is 1.41.